The van der Waals surface area contributed by atoms with E-state index in [1.54, 1.807) is 24.1 Å². The fourth-order valence-corrected chi connectivity index (χ4v) is 5.23. The van der Waals surface area contributed by atoms with Gasteiger partial charge in [0.25, 0.3) is 0 Å². The second-order valence-electron chi connectivity index (χ2n) is 7.53. The first kappa shape index (κ1) is 25.6. The van der Waals surface area contributed by atoms with Crippen molar-refractivity contribution in [1.29, 1.82) is 0 Å². The van der Waals surface area contributed by atoms with Crippen LogP contribution in [0.2, 0.25) is 5.02 Å². The predicted octanol–water partition coefficient (Wildman–Crippen LogP) is 5.54. The molecule has 33 heavy (non-hydrogen) atoms. The van der Waals surface area contributed by atoms with Gasteiger partial charge < -0.3 is 14.4 Å². The van der Waals surface area contributed by atoms with Crippen LogP contribution in [-0.2, 0) is 15.7 Å². The number of hydrogen-bond donors (Lipinski definition) is 0. The largest absolute Gasteiger partial charge is 0.491 e. The number of aromatic nitrogens is 1. The number of ether oxygens (including phenoxy) is 2. The lowest BCUT2D eigenvalue weighted by Gasteiger charge is -2.25. The molecule has 0 N–H and O–H groups in total. The van der Waals surface area contributed by atoms with Crippen molar-refractivity contribution in [2.75, 3.05) is 18.9 Å². The molecule has 1 amide bonds. The number of amides is 1. The van der Waals surface area contributed by atoms with Crippen LogP contribution in [-0.4, -0.2) is 52.8 Å². The SMILES string of the molecule is CC(C)OC(=O)c1csc(SCCN2C(=O)CC[C@@H]2COc2ccc(Cl)c(C(F)(F)F)c2)n1. The van der Waals surface area contributed by atoms with Crippen LogP contribution < -0.4 is 4.74 Å². The smallest absolute Gasteiger partial charge is 0.417 e. The summed E-state index contributed by atoms with van der Waals surface area (Å²) in [5, 5.41) is 1.24. The van der Waals surface area contributed by atoms with Gasteiger partial charge in [-0.1, -0.05) is 23.4 Å². The topological polar surface area (TPSA) is 68.7 Å². The minimum absolute atomic E-state index is 0.0309. The molecule has 0 radical (unpaired) electrons. The molecule has 1 aromatic carbocycles. The summed E-state index contributed by atoms with van der Waals surface area (Å²) in [7, 11) is 0. The minimum atomic E-state index is -4.58. The van der Waals surface area contributed by atoms with Crippen molar-refractivity contribution in [2.45, 2.75) is 49.4 Å². The Morgan fingerprint density at radius 3 is 2.85 bits per heavy atom. The molecule has 2 aromatic rings. The third-order valence-electron chi connectivity index (χ3n) is 4.73. The predicted molar refractivity (Wildman–Crippen MR) is 120 cm³/mol. The molecule has 2 heterocycles. The van der Waals surface area contributed by atoms with Gasteiger partial charge in [0.2, 0.25) is 5.91 Å². The van der Waals surface area contributed by atoms with Crippen molar-refractivity contribution in [3.8, 4) is 5.75 Å². The molecule has 0 unspecified atom stereocenters. The van der Waals surface area contributed by atoms with E-state index in [0.29, 0.717) is 29.5 Å². The molecule has 1 atom stereocenters. The van der Waals surface area contributed by atoms with Gasteiger partial charge in [-0.15, -0.1) is 11.3 Å². The molecule has 1 aromatic heterocycles. The second-order valence-corrected chi connectivity index (χ2v) is 10.1. The Bertz CT molecular complexity index is 1000. The molecular formula is C21H22ClF3N2O4S2. The highest BCUT2D eigenvalue weighted by atomic mass is 35.5. The van der Waals surface area contributed by atoms with E-state index in [9.17, 15) is 22.8 Å². The van der Waals surface area contributed by atoms with Gasteiger partial charge in [-0.05, 0) is 38.5 Å². The van der Waals surface area contributed by atoms with Crippen LogP contribution in [0.15, 0.2) is 27.9 Å². The van der Waals surface area contributed by atoms with Crippen molar-refractivity contribution in [3.05, 3.63) is 39.9 Å². The number of thiazole rings is 1. The van der Waals surface area contributed by atoms with Crippen molar-refractivity contribution < 1.29 is 32.2 Å². The van der Waals surface area contributed by atoms with Gasteiger partial charge in [-0.25, -0.2) is 9.78 Å². The van der Waals surface area contributed by atoms with Crippen molar-refractivity contribution in [1.82, 2.24) is 9.88 Å². The molecule has 0 saturated carbocycles. The normalized spacial score (nSPS) is 16.5. The van der Waals surface area contributed by atoms with E-state index in [4.69, 9.17) is 21.1 Å². The number of carbonyl (C=O) groups excluding carboxylic acids is 2. The molecule has 0 spiro atoms. The Morgan fingerprint density at radius 1 is 1.39 bits per heavy atom. The van der Waals surface area contributed by atoms with Crippen LogP contribution in [0.1, 0.15) is 42.7 Å². The number of hydrogen-bond acceptors (Lipinski definition) is 7. The minimum Gasteiger partial charge on any atom is -0.491 e. The first-order valence-corrected chi connectivity index (χ1v) is 12.4. The number of carbonyl (C=O) groups is 2. The Labute approximate surface area is 202 Å². The summed E-state index contributed by atoms with van der Waals surface area (Å²) in [5.41, 5.74) is -0.710. The quantitative estimate of drug-likeness (QED) is 0.318. The van der Waals surface area contributed by atoms with Crippen molar-refractivity contribution >= 4 is 46.6 Å². The van der Waals surface area contributed by atoms with Gasteiger partial charge >= 0.3 is 12.1 Å². The molecule has 0 bridgehead atoms. The zero-order valence-electron chi connectivity index (χ0n) is 17.9. The van der Waals surface area contributed by atoms with Gasteiger partial charge in [0.05, 0.1) is 22.7 Å². The van der Waals surface area contributed by atoms with Gasteiger partial charge in [-0.2, -0.15) is 13.2 Å². The Morgan fingerprint density at radius 2 is 2.15 bits per heavy atom. The number of alkyl halides is 3. The molecule has 1 aliphatic heterocycles. The van der Waals surface area contributed by atoms with Gasteiger partial charge in [0, 0.05) is 24.1 Å². The molecule has 3 rings (SSSR count). The maximum atomic E-state index is 13.0. The molecule has 12 heteroatoms. The van der Waals surface area contributed by atoms with Crippen LogP contribution in [0.3, 0.4) is 0 Å². The lowest BCUT2D eigenvalue weighted by molar-refractivity contribution is -0.137. The zero-order valence-corrected chi connectivity index (χ0v) is 20.2. The van der Waals surface area contributed by atoms with Crippen LogP contribution in [0.4, 0.5) is 13.2 Å². The Balaban J connectivity index is 1.52. The highest BCUT2D eigenvalue weighted by Gasteiger charge is 2.34. The standard InChI is InChI=1S/C21H22ClF3N2O4S2/c1-12(2)31-19(29)17-11-33-20(26-17)32-8-7-27-13(3-6-18(27)28)10-30-14-4-5-16(22)15(9-14)21(23,24)25/h4-5,9,11-13H,3,6-8,10H2,1-2H3/t13-/m1/s1. The Hall–Kier alpha value is -1.98. The van der Waals surface area contributed by atoms with E-state index >= 15 is 0 Å². The van der Waals surface area contributed by atoms with E-state index in [1.165, 1.54) is 29.2 Å². The molecule has 1 aliphatic rings. The number of halogens is 4. The van der Waals surface area contributed by atoms with E-state index < -0.39 is 22.7 Å². The number of nitrogens with zero attached hydrogens (tertiary/aromatic N) is 2. The maximum Gasteiger partial charge on any atom is 0.417 e. The lowest BCUT2D eigenvalue weighted by atomic mass is 10.2. The van der Waals surface area contributed by atoms with E-state index in [-0.39, 0.29) is 36.1 Å². The number of esters is 1. The summed E-state index contributed by atoms with van der Waals surface area (Å²) < 4.78 is 50.5. The summed E-state index contributed by atoms with van der Waals surface area (Å²) in [5.74, 6) is 0.0877. The monoisotopic (exact) mass is 522 g/mol. The van der Waals surface area contributed by atoms with Gasteiger partial charge in [-0.3, -0.25) is 4.79 Å². The average molecular weight is 523 g/mol. The summed E-state index contributed by atoms with van der Waals surface area (Å²) in [4.78, 5) is 30.1. The van der Waals surface area contributed by atoms with Crippen LogP contribution in [0.5, 0.6) is 5.75 Å². The summed E-state index contributed by atoms with van der Waals surface area (Å²) in [6.07, 6.45) is -3.89. The van der Waals surface area contributed by atoms with E-state index in [0.717, 1.165) is 12.1 Å². The van der Waals surface area contributed by atoms with Crippen LogP contribution in [0, 0.1) is 0 Å². The molecule has 1 fully saturated rings. The van der Waals surface area contributed by atoms with Crippen molar-refractivity contribution in [2.24, 2.45) is 0 Å². The fourth-order valence-electron chi connectivity index (χ4n) is 3.20. The molecule has 180 valence electrons. The molecule has 6 nitrogen and oxygen atoms in total. The molecule has 1 saturated heterocycles. The van der Waals surface area contributed by atoms with E-state index in [2.05, 4.69) is 4.98 Å². The number of likely N-dealkylation sites (tertiary alicyclic amines) is 1. The highest BCUT2D eigenvalue weighted by Crippen LogP contribution is 2.37. The number of thioether (sulfide) groups is 1. The Kier molecular flexibility index (Phi) is 8.52. The maximum absolute atomic E-state index is 13.0. The van der Waals surface area contributed by atoms with Crippen LogP contribution in [0.25, 0.3) is 0 Å². The first-order valence-electron chi connectivity index (χ1n) is 10.1. The zero-order chi connectivity index (χ0) is 24.2. The summed E-state index contributed by atoms with van der Waals surface area (Å²) in [6.45, 7) is 4.03. The summed E-state index contributed by atoms with van der Waals surface area (Å²) >= 11 is 8.37. The summed E-state index contributed by atoms with van der Waals surface area (Å²) in [6, 6.07) is 3.14. The van der Waals surface area contributed by atoms with Crippen molar-refractivity contribution in [3.63, 3.8) is 0 Å². The van der Waals surface area contributed by atoms with Crippen LogP contribution >= 0.6 is 34.7 Å². The molecule has 0 aliphatic carbocycles. The van der Waals surface area contributed by atoms with Gasteiger partial charge in [0.15, 0.2) is 10.0 Å². The van der Waals surface area contributed by atoms with Gasteiger partial charge in [0.1, 0.15) is 12.4 Å². The third kappa shape index (κ3) is 7.00. The van der Waals surface area contributed by atoms with E-state index in [1.807, 2.05) is 0 Å². The third-order valence-corrected chi connectivity index (χ3v) is 7.06. The lowest BCUT2D eigenvalue weighted by Crippen LogP contribution is -2.38. The fraction of sp³-hybridized carbons (Fsp3) is 0.476. The highest BCUT2D eigenvalue weighted by molar-refractivity contribution is 8.01. The second kappa shape index (κ2) is 11.0. The molecular weight excluding hydrogens is 501 g/mol. The first-order chi connectivity index (χ1) is 15.5. The number of benzene rings is 1. The average Bonchev–Trinajstić information content (AvgIpc) is 3.33. The number of rotatable bonds is 9.